The van der Waals surface area contributed by atoms with Gasteiger partial charge < -0.3 is 14.5 Å². The summed E-state index contributed by atoms with van der Waals surface area (Å²) < 4.78 is 19.0. The van der Waals surface area contributed by atoms with E-state index in [4.69, 9.17) is 4.74 Å². The first-order valence-corrected chi connectivity index (χ1v) is 10.1. The van der Waals surface area contributed by atoms with E-state index in [1.165, 1.54) is 17.0 Å². The van der Waals surface area contributed by atoms with Crippen molar-refractivity contribution in [1.82, 2.24) is 19.8 Å². The van der Waals surface area contributed by atoms with Crippen LogP contribution in [0.2, 0.25) is 0 Å². The van der Waals surface area contributed by atoms with Crippen LogP contribution in [0.1, 0.15) is 18.7 Å². The van der Waals surface area contributed by atoms with Crippen LogP contribution in [-0.2, 0) is 4.79 Å². The lowest BCUT2D eigenvalue weighted by molar-refractivity contribution is -0.133. The Kier molecular flexibility index (Phi) is 5.78. The highest BCUT2D eigenvalue weighted by molar-refractivity contribution is 5.96. The quantitative estimate of drug-likeness (QED) is 0.751. The number of anilines is 1. The molecule has 3 amide bonds. The van der Waals surface area contributed by atoms with E-state index in [1.54, 1.807) is 34.2 Å². The second-order valence-electron chi connectivity index (χ2n) is 7.47. The summed E-state index contributed by atoms with van der Waals surface area (Å²) in [5.41, 5.74) is 0.634. The topological polar surface area (TPSA) is 78.9 Å². The number of piperidine rings is 1. The molecule has 30 heavy (non-hydrogen) atoms. The van der Waals surface area contributed by atoms with Crippen molar-refractivity contribution >= 4 is 17.6 Å². The fourth-order valence-electron chi connectivity index (χ4n) is 3.75. The summed E-state index contributed by atoms with van der Waals surface area (Å²) in [5.74, 6) is 0.793. The molecule has 0 bridgehead atoms. The molecule has 2 aromatic rings. The van der Waals surface area contributed by atoms with Crippen LogP contribution in [0.15, 0.2) is 36.5 Å². The van der Waals surface area contributed by atoms with Crippen molar-refractivity contribution < 1.29 is 18.7 Å². The SMILES string of the molecule is Cc1nccc(OC2CCN(C(=O)CN3CCN(c4ccc(F)cc4)C3=O)CC2)n1. The average Bonchev–Trinajstić information content (AvgIpc) is 3.09. The van der Waals surface area contributed by atoms with E-state index < -0.39 is 0 Å². The number of likely N-dealkylation sites (tertiary alicyclic amines) is 1. The van der Waals surface area contributed by atoms with Crippen molar-refractivity contribution in [2.45, 2.75) is 25.9 Å². The van der Waals surface area contributed by atoms with Gasteiger partial charge in [-0.05, 0) is 31.2 Å². The van der Waals surface area contributed by atoms with Gasteiger partial charge in [0.25, 0.3) is 0 Å². The Morgan fingerprint density at radius 2 is 1.87 bits per heavy atom. The highest BCUT2D eigenvalue weighted by atomic mass is 19.1. The number of nitrogens with zero attached hydrogens (tertiary/aromatic N) is 5. The molecule has 0 aliphatic carbocycles. The molecule has 4 rings (SSSR count). The molecule has 2 aliphatic rings. The molecule has 2 aliphatic heterocycles. The summed E-state index contributed by atoms with van der Waals surface area (Å²) >= 11 is 0. The number of ether oxygens (including phenoxy) is 1. The van der Waals surface area contributed by atoms with Crippen molar-refractivity contribution in [3.8, 4) is 5.88 Å². The molecule has 1 aromatic heterocycles. The number of rotatable bonds is 5. The van der Waals surface area contributed by atoms with Crippen LogP contribution < -0.4 is 9.64 Å². The molecule has 158 valence electrons. The first-order chi connectivity index (χ1) is 14.5. The van der Waals surface area contributed by atoms with Crippen molar-refractivity contribution in [2.24, 2.45) is 0 Å². The molecule has 8 nitrogen and oxygen atoms in total. The standard InChI is InChI=1S/C21H24FN5O3/c1-15-23-9-6-19(24-15)30-18-7-10-25(11-8-18)20(28)14-26-12-13-27(21(26)29)17-4-2-16(22)3-5-17/h2-6,9,18H,7-8,10-14H2,1H3. The summed E-state index contributed by atoms with van der Waals surface area (Å²) in [6.07, 6.45) is 3.10. The Labute approximate surface area is 174 Å². The van der Waals surface area contributed by atoms with E-state index >= 15 is 0 Å². The summed E-state index contributed by atoms with van der Waals surface area (Å²) in [4.78, 5) is 38.5. The van der Waals surface area contributed by atoms with Crippen molar-refractivity contribution in [1.29, 1.82) is 0 Å². The predicted octanol–water partition coefficient (Wildman–Crippen LogP) is 2.24. The maximum Gasteiger partial charge on any atom is 0.325 e. The Morgan fingerprint density at radius 3 is 2.57 bits per heavy atom. The van der Waals surface area contributed by atoms with Crippen LogP contribution in [0.3, 0.4) is 0 Å². The van der Waals surface area contributed by atoms with Gasteiger partial charge in [-0.1, -0.05) is 0 Å². The summed E-state index contributed by atoms with van der Waals surface area (Å²) in [5, 5.41) is 0. The zero-order valence-corrected chi connectivity index (χ0v) is 16.8. The molecule has 2 saturated heterocycles. The van der Waals surface area contributed by atoms with Crippen molar-refractivity contribution in [2.75, 3.05) is 37.6 Å². The molecule has 0 radical (unpaired) electrons. The predicted molar refractivity (Wildman–Crippen MR) is 108 cm³/mol. The van der Waals surface area contributed by atoms with Crippen LogP contribution in [0, 0.1) is 12.7 Å². The number of amides is 3. The van der Waals surface area contributed by atoms with E-state index in [2.05, 4.69) is 9.97 Å². The van der Waals surface area contributed by atoms with Crippen LogP contribution in [0.4, 0.5) is 14.9 Å². The minimum atomic E-state index is -0.348. The molecule has 1 aromatic carbocycles. The van der Waals surface area contributed by atoms with E-state index in [0.29, 0.717) is 56.4 Å². The highest BCUT2D eigenvalue weighted by Crippen LogP contribution is 2.21. The monoisotopic (exact) mass is 413 g/mol. The fourth-order valence-corrected chi connectivity index (χ4v) is 3.75. The first kappa shape index (κ1) is 20.1. The van der Waals surface area contributed by atoms with E-state index in [0.717, 1.165) is 0 Å². The summed E-state index contributed by atoms with van der Waals surface area (Å²) in [6, 6.07) is 7.30. The zero-order valence-electron chi connectivity index (χ0n) is 16.8. The second-order valence-corrected chi connectivity index (χ2v) is 7.47. The van der Waals surface area contributed by atoms with E-state index in [-0.39, 0.29) is 30.4 Å². The molecule has 0 N–H and O–H groups in total. The summed E-state index contributed by atoms with van der Waals surface area (Å²) in [7, 11) is 0. The van der Waals surface area contributed by atoms with Crippen molar-refractivity contribution in [3.05, 3.63) is 48.2 Å². The third-order valence-corrected chi connectivity index (χ3v) is 5.39. The van der Waals surface area contributed by atoms with Gasteiger partial charge in [0.15, 0.2) is 0 Å². The normalized spacial score (nSPS) is 17.5. The number of carbonyl (C=O) groups excluding carboxylic acids is 2. The molecule has 2 fully saturated rings. The molecule has 0 atom stereocenters. The first-order valence-electron chi connectivity index (χ1n) is 10.1. The minimum absolute atomic E-state index is 0.00531. The molecular weight excluding hydrogens is 389 g/mol. The van der Waals surface area contributed by atoms with Gasteiger partial charge in [-0.25, -0.2) is 14.2 Å². The number of carbonyl (C=O) groups is 2. The maximum atomic E-state index is 13.1. The number of aromatic nitrogens is 2. The highest BCUT2D eigenvalue weighted by Gasteiger charge is 2.33. The third-order valence-electron chi connectivity index (χ3n) is 5.39. The summed E-state index contributed by atoms with van der Waals surface area (Å²) in [6.45, 7) is 3.97. The van der Waals surface area contributed by atoms with Gasteiger partial charge in [-0.2, -0.15) is 4.98 Å². The number of urea groups is 1. The van der Waals surface area contributed by atoms with E-state index in [9.17, 15) is 14.0 Å². The van der Waals surface area contributed by atoms with Crippen molar-refractivity contribution in [3.63, 3.8) is 0 Å². The third kappa shape index (κ3) is 4.50. The van der Waals surface area contributed by atoms with Gasteiger partial charge in [-0.15, -0.1) is 0 Å². The van der Waals surface area contributed by atoms with Crippen LogP contribution in [-0.4, -0.2) is 70.5 Å². The lowest BCUT2D eigenvalue weighted by Crippen LogP contribution is -2.47. The Balaban J connectivity index is 1.27. The Hall–Kier alpha value is -3.23. The van der Waals surface area contributed by atoms with Crippen LogP contribution in [0.5, 0.6) is 5.88 Å². The van der Waals surface area contributed by atoms with Gasteiger partial charge in [0.1, 0.15) is 24.3 Å². The van der Waals surface area contributed by atoms with Gasteiger partial charge in [-0.3, -0.25) is 9.69 Å². The molecule has 0 spiro atoms. The number of halogens is 1. The van der Waals surface area contributed by atoms with Gasteiger partial charge in [0.2, 0.25) is 11.8 Å². The van der Waals surface area contributed by atoms with Gasteiger partial charge >= 0.3 is 6.03 Å². The molecule has 3 heterocycles. The zero-order chi connectivity index (χ0) is 21.1. The minimum Gasteiger partial charge on any atom is -0.474 e. The van der Waals surface area contributed by atoms with Crippen LogP contribution in [0.25, 0.3) is 0 Å². The smallest absolute Gasteiger partial charge is 0.325 e. The fraction of sp³-hybridized carbons (Fsp3) is 0.429. The Morgan fingerprint density at radius 1 is 1.13 bits per heavy atom. The number of aryl methyl sites for hydroxylation is 1. The maximum absolute atomic E-state index is 13.1. The lowest BCUT2D eigenvalue weighted by atomic mass is 10.1. The second kappa shape index (κ2) is 8.64. The van der Waals surface area contributed by atoms with Gasteiger partial charge in [0, 0.05) is 57.0 Å². The molecule has 0 unspecified atom stereocenters. The number of hydrogen-bond donors (Lipinski definition) is 0. The van der Waals surface area contributed by atoms with Gasteiger partial charge in [0.05, 0.1) is 0 Å². The largest absolute Gasteiger partial charge is 0.474 e. The molecular formula is C21H24FN5O3. The van der Waals surface area contributed by atoms with E-state index in [1.807, 2.05) is 6.92 Å². The number of hydrogen-bond acceptors (Lipinski definition) is 5. The van der Waals surface area contributed by atoms with Crippen LogP contribution >= 0.6 is 0 Å². The Bertz CT molecular complexity index is 915. The molecule has 9 heteroatoms. The number of benzene rings is 1. The lowest BCUT2D eigenvalue weighted by Gasteiger charge is -2.32. The average molecular weight is 413 g/mol. The molecule has 0 saturated carbocycles.